The van der Waals surface area contributed by atoms with E-state index in [1.54, 1.807) is 24.3 Å². The summed E-state index contributed by atoms with van der Waals surface area (Å²) >= 11 is 0. The number of allylic oxidation sites excluding steroid dienone is 1. The van der Waals surface area contributed by atoms with E-state index in [4.69, 9.17) is 10.00 Å². The molecule has 0 radical (unpaired) electrons. The molecule has 0 unspecified atom stereocenters. The Morgan fingerprint density at radius 1 is 1.09 bits per heavy atom. The molecule has 3 nitrogen and oxygen atoms in total. The molecule has 108 valence electrons. The van der Waals surface area contributed by atoms with Gasteiger partial charge < -0.3 is 4.74 Å². The number of benzene rings is 2. The second-order valence-electron chi connectivity index (χ2n) is 5.38. The largest absolute Gasteiger partial charge is 0.426 e. The average Bonchev–Trinajstić information content (AvgIpc) is 2.52. The zero-order chi connectivity index (χ0) is 15.4. The van der Waals surface area contributed by atoms with Crippen LogP contribution in [0.3, 0.4) is 0 Å². The zero-order valence-corrected chi connectivity index (χ0v) is 12.0. The minimum atomic E-state index is -0.199. The average molecular weight is 289 g/mol. The highest BCUT2D eigenvalue weighted by atomic mass is 16.5. The van der Waals surface area contributed by atoms with Gasteiger partial charge in [0.25, 0.3) is 0 Å². The first-order valence-electron chi connectivity index (χ1n) is 7.21. The number of hydrogen-bond donors (Lipinski definition) is 0. The van der Waals surface area contributed by atoms with Crippen molar-refractivity contribution >= 4 is 12.0 Å². The number of nitriles is 1. The fraction of sp³-hybridized carbons (Fsp3) is 0.158. The van der Waals surface area contributed by atoms with E-state index in [2.05, 4.69) is 18.2 Å². The highest BCUT2D eigenvalue weighted by Crippen LogP contribution is 2.35. The molecule has 22 heavy (non-hydrogen) atoms. The quantitative estimate of drug-likeness (QED) is 0.635. The summed E-state index contributed by atoms with van der Waals surface area (Å²) in [5.74, 6) is 0.227. The normalized spacial score (nSPS) is 16.3. The van der Waals surface area contributed by atoms with Gasteiger partial charge in [-0.15, -0.1) is 0 Å². The number of carbonyl (C=O) groups is 1. The third-order valence-corrected chi connectivity index (χ3v) is 3.72. The first-order chi connectivity index (χ1) is 10.7. The van der Waals surface area contributed by atoms with Crippen LogP contribution in [0.1, 0.15) is 24.0 Å². The monoisotopic (exact) mass is 289 g/mol. The highest BCUT2D eigenvalue weighted by molar-refractivity contribution is 5.78. The lowest BCUT2D eigenvalue weighted by molar-refractivity contribution is -0.140. The number of hydrogen-bond acceptors (Lipinski definition) is 3. The molecule has 0 atom stereocenters. The van der Waals surface area contributed by atoms with Gasteiger partial charge in [-0.1, -0.05) is 42.0 Å². The van der Waals surface area contributed by atoms with Crippen molar-refractivity contribution in [1.82, 2.24) is 0 Å². The van der Waals surface area contributed by atoms with Crippen LogP contribution < -0.4 is 4.74 Å². The van der Waals surface area contributed by atoms with Crippen molar-refractivity contribution in [2.24, 2.45) is 5.92 Å². The van der Waals surface area contributed by atoms with Crippen LogP contribution in [0.2, 0.25) is 0 Å². The summed E-state index contributed by atoms with van der Waals surface area (Å²) in [6, 6.07) is 18.7. The smallest absolute Gasteiger partial charge is 0.314 e. The Bertz CT molecular complexity index is 731. The van der Waals surface area contributed by atoms with E-state index in [0.717, 1.165) is 18.4 Å². The van der Waals surface area contributed by atoms with Crippen LogP contribution in [0.4, 0.5) is 0 Å². The first-order valence-corrected chi connectivity index (χ1v) is 7.21. The molecule has 0 spiro atoms. The maximum atomic E-state index is 12.0. The maximum Gasteiger partial charge on any atom is 0.314 e. The third kappa shape index (κ3) is 3.24. The topological polar surface area (TPSA) is 50.1 Å². The fourth-order valence-corrected chi connectivity index (χ4v) is 2.44. The van der Waals surface area contributed by atoms with Crippen molar-refractivity contribution in [3.8, 4) is 11.8 Å². The van der Waals surface area contributed by atoms with Crippen LogP contribution in [0.5, 0.6) is 5.75 Å². The van der Waals surface area contributed by atoms with Crippen LogP contribution in [0, 0.1) is 17.2 Å². The number of carbonyl (C=O) groups excluding carboxylic acids is 1. The molecule has 0 aromatic heterocycles. The van der Waals surface area contributed by atoms with Gasteiger partial charge in [-0.2, -0.15) is 5.26 Å². The van der Waals surface area contributed by atoms with Gasteiger partial charge in [-0.05, 0) is 42.7 Å². The number of nitrogens with zero attached hydrogens (tertiary/aromatic N) is 1. The molecule has 1 aliphatic rings. The second-order valence-corrected chi connectivity index (χ2v) is 5.38. The molecule has 3 heteroatoms. The predicted octanol–water partition coefficient (Wildman–Crippen LogP) is 3.96. The predicted molar refractivity (Wildman–Crippen MR) is 83.9 cm³/mol. The Labute approximate surface area is 129 Å². The number of rotatable bonds is 3. The van der Waals surface area contributed by atoms with Gasteiger partial charge in [0, 0.05) is 0 Å². The standard InChI is InChI=1S/C19H15NO2/c20-13-15-6-8-18(9-7-15)22-19(21)17-11-16(12-17)10-14-4-2-1-3-5-14/h1-10,17H,11-12H2. The molecule has 0 aliphatic heterocycles. The van der Waals surface area contributed by atoms with Crippen molar-refractivity contribution in [2.45, 2.75) is 12.8 Å². The van der Waals surface area contributed by atoms with Crippen LogP contribution in [-0.2, 0) is 4.79 Å². The Kier molecular flexibility index (Phi) is 4.02. The molecule has 0 amide bonds. The summed E-state index contributed by atoms with van der Waals surface area (Å²) in [7, 11) is 0. The van der Waals surface area contributed by atoms with Crippen LogP contribution in [0.25, 0.3) is 6.08 Å². The third-order valence-electron chi connectivity index (χ3n) is 3.72. The molecule has 0 bridgehead atoms. The van der Waals surface area contributed by atoms with E-state index < -0.39 is 0 Å². The van der Waals surface area contributed by atoms with E-state index in [1.165, 1.54) is 5.57 Å². The molecule has 1 fully saturated rings. The molecule has 2 aromatic carbocycles. The van der Waals surface area contributed by atoms with Crippen molar-refractivity contribution in [3.05, 3.63) is 71.3 Å². The molecule has 0 N–H and O–H groups in total. The van der Waals surface area contributed by atoms with Gasteiger partial charge in [0.2, 0.25) is 0 Å². The number of esters is 1. The van der Waals surface area contributed by atoms with Crippen LogP contribution in [0.15, 0.2) is 60.2 Å². The first kappa shape index (κ1) is 14.1. The fourth-order valence-electron chi connectivity index (χ4n) is 2.44. The van der Waals surface area contributed by atoms with Gasteiger partial charge >= 0.3 is 5.97 Å². The van der Waals surface area contributed by atoms with E-state index in [9.17, 15) is 4.79 Å². The van der Waals surface area contributed by atoms with Crippen molar-refractivity contribution < 1.29 is 9.53 Å². The van der Waals surface area contributed by atoms with Crippen LogP contribution in [-0.4, -0.2) is 5.97 Å². The van der Waals surface area contributed by atoms with E-state index >= 15 is 0 Å². The molecule has 3 rings (SSSR count). The number of ether oxygens (including phenoxy) is 1. The van der Waals surface area contributed by atoms with Gasteiger partial charge in [-0.25, -0.2) is 0 Å². The molecular formula is C19H15NO2. The van der Waals surface area contributed by atoms with E-state index in [1.807, 2.05) is 24.3 Å². The molecule has 0 heterocycles. The van der Waals surface area contributed by atoms with E-state index in [0.29, 0.717) is 11.3 Å². The Hall–Kier alpha value is -2.86. The van der Waals surface area contributed by atoms with Crippen LogP contribution >= 0.6 is 0 Å². The summed E-state index contributed by atoms with van der Waals surface area (Å²) in [5.41, 5.74) is 2.99. The van der Waals surface area contributed by atoms with E-state index in [-0.39, 0.29) is 11.9 Å². The summed E-state index contributed by atoms with van der Waals surface area (Å²) < 4.78 is 5.34. The van der Waals surface area contributed by atoms with Gasteiger partial charge in [0.15, 0.2) is 0 Å². The summed E-state index contributed by atoms with van der Waals surface area (Å²) in [5, 5.41) is 8.73. The zero-order valence-electron chi connectivity index (χ0n) is 12.0. The molecule has 2 aromatic rings. The van der Waals surface area contributed by atoms with Gasteiger partial charge in [0.1, 0.15) is 5.75 Å². The lowest BCUT2D eigenvalue weighted by Crippen LogP contribution is -2.28. The summed E-state index contributed by atoms with van der Waals surface area (Å²) in [4.78, 5) is 12.0. The summed E-state index contributed by atoms with van der Waals surface area (Å²) in [6.07, 6.45) is 3.64. The summed E-state index contributed by atoms with van der Waals surface area (Å²) in [6.45, 7) is 0. The molecule has 0 saturated heterocycles. The highest BCUT2D eigenvalue weighted by Gasteiger charge is 2.31. The molecule has 1 saturated carbocycles. The van der Waals surface area contributed by atoms with Crippen molar-refractivity contribution in [2.75, 3.05) is 0 Å². The Balaban J connectivity index is 1.55. The minimum absolute atomic E-state index is 0.0643. The Morgan fingerprint density at radius 2 is 1.77 bits per heavy atom. The van der Waals surface area contributed by atoms with Gasteiger partial charge in [0.05, 0.1) is 17.6 Å². The SMILES string of the molecule is N#Cc1ccc(OC(=O)C2CC(=Cc3ccccc3)C2)cc1. The minimum Gasteiger partial charge on any atom is -0.426 e. The van der Waals surface area contributed by atoms with Gasteiger partial charge in [-0.3, -0.25) is 4.79 Å². The lowest BCUT2D eigenvalue weighted by atomic mass is 9.79. The lowest BCUT2D eigenvalue weighted by Gasteiger charge is -2.27. The molecular weight excluding hydrogens is 274 g/mol. The molecule has 1 aliphatic carbocycles. The maximum absolute atomic E-state index is 12.0. The Morgan fingerprint density at radius 3 is 2.41 bits per heavy atom. The van der Waals surface area contributed by atoms with Crippen molar-refractivity contribution in [1.29, 1.82) is 5.26 Å². The second kappa shape index (κ2) is 6.28. The van der Waals surface area contributed by atoms with Crippen molar-refractivity contribution in [3.63, 3.8) is 0 Å².